The van der Waals surface area contributed by atoms with Crippen LogP contribution >= 0.6 is 12.4 Å². The van der Waals surface area contributed by atoms with Crippen LogP contribution in [0.2, 0.25) is 0 Å². The molecule has 0 saturated carbocycles. The molecule has 1 aliphatic heterocycles. The van der Waals surface area contributed by atoms with E-state index in [-0.39, 0.29) is 30.3 Å². The molecule has 112 valence electrons. The predicted molar refractivity (Wildman–Crippen MR) is 78.4 cm³/mol. The van der Waals surface area contributed by atoms with E-state index in [0.29, 0.717) is 13.0 Å². The average Bonchev–Trinajstić information content (AvgIpc) is 2.28. The molecule has 0 aromatic carbocycles. The molecule has 3 N–H and O–H groups in total. The maximum absolute atomic E-state index is 11.7. The molecule has 0 spiro atoms. The quantitative estimate of drug-likeness (QED) is 0.718. The van der Waals surface area contributed by atoms with E-state index in [1.54, 1.807) is 0 Å². The zero-order valence-corrected chi connectivity index (χ0v) is 12.9. The Balaban J connectivity index is 0.00000324. The Hall–Kier alpha value is -0.810. The van der Waals surface area contributed by atoms with Gasteiger partial charge in [0.15, 0.2) is 0 Å². The number of rotatable bonds is 4. The van der Waals surface area contributed by atoms with Crippen molar-refractivity contribution in [2.24, 2.45) is 5.41 Å². The summed E-state index contributed by atoms with van der Waals surface area (Å²) < 4.78 is 0. The number of carbonyl (C=O) groups excluding carboxylic acids is 2. The van der Waals surface area contributed by atoms with Gasteiger partial charge >= 0.3 is 0 Å². The molecule has 6 heteroatoms. The Labute approximate surface area is 121 Å². The molecule has 1 heterocycles. The molecule has 1 aliphatic rings. The number of amides is 2. The molecule has 1 rings (SSSR count). The predicted octanol–water partition coefficient (Wildman–Crippen LogP) is 0.829. The molecule has 0 unspecified atom stereocenters. The smallest absolute Gasteiger partial charge is 0.225 e. The second-order valence-electron chi connectivity index (χ2n) is 5.87. The van der Waals surface area contributed by atoms with E-state index in [1.165, 1.54) is 0 Å². The largest absolute Gasteiger partial charge is 0.355 e. The van der Waals surface area contributed by atoms with Gasteiger partial charge in [0.05, 0.1) is 0 Å². The highest BCUT2D eigenvalue weighted by atomic mass is 35.5. The van der Waals surface area contributed by atoms with Crippen molar-refractivity contribution in [3.8, 4) is 0 Å². The monoisotopic (exact) mass is 291 g/mol. The molecule has 1 saturated heterocycles. The normalized spacial score (nSPS) is 19.2. The third kappa shape index (κ3) is 7.38. The van der Waals surface area contributed by atoms with Gasteiger partial charge < -0.3 is 16.0 Å². The van der Waals surface area contributed by atoms with Crippen molar-refractivity contribution in [2.45, 2.75) is 46.1 Å². The van der Waals surface area contributed by atoms with Crippen LogP contribution in [0, 0.1) is 5.41 Å². The molecular weight excluding hydrogens is 266 g/mol. The lowest BCUT2D eigenvalue weighted by Gasteiger charge is -2.24. The summed E-state index contributed by atoms with van der Waals surface area (Å²) >= 11 is 0. The molecule has 5 nitrogen and oxygen atoms in total. The summed E-state index contributed by atoms with van der Waals surface area (Å²) in [6.07, 6.45) is 2.48. The Bertz CT molecular complexity index is 297. The number of piperidine rings is 1. The molecule has 0 aromatic rings. The van der Waals surface area contributed by atoms with Crippen LogP contribution in [0.25, 0.3) is 0 Å². The van der Waals surface area contributed by atoms with Crippen LogP contribution in [0.5, 0.6) is 0 Å². The number of nitrogens with one attached hydrogen (secondary N) is 3. The molecule has 1 atom stereocenters. The van der Waals surface area contributed by atoms with Crippen LogP contribution in [0.15, 0.2) is 0 Å². The highest BCUT2D eigenvalue weighted by Gasteiger charge is 2.21. The molecule has 0 bridgehead atoms. The highest BCUT2D eigenvalue weighted by Crippen LogP contribution is 2.12. The average molecular weight is 292 g/mol. The highest BCUT2D eigenvalue weighted by molar-refractivity contribution is 5.85. The van der Waals surface area contributed by atoms with Crippen molar-refractivity contribution >= 4 is 24.2 Å². The van der Waals surface area contributed by atoms with Gasteiger partial charge in [0, 0.05) is 31.0 Å². The Morgan fingerprint density at radius 2 is 2.00 bits per heavy atom. The Morgan fingerprint density at radius 1 is 1.32 bits per heavy atom. The van der Waals surface area contributed by atoms with E-state index in [9.17, 15) is 9.59 Å². The second kappa shape index (κ2) is 8.38. The van der Waals surface area contributed by atoms with Gasteiger partial charge in [0.1, 0.15) is 0 Å². The lowest BCUT2D eigenvalue weighted by molar-refractivity contribution is -0.128. The zero-order chi connectivity index (χ0) is 13.6. The molecular formula is C13H26ClN3O2. The summed E-state index contributed by atoms with van der Waals surface area (Å²) in [7, 11) is 0. The summed E-state index contributed by atoms with van der Waals surface area (Å²) in [4.78, 5) is 23.2. The van der Waals surface area contributed by atoms with Gasteiger partial charge in [-0.25, -0.2) is 0 Å². The van der Waals surface area contributed by atoms with Gasteiger partial charge in [-0.3, -0.25) is 9.59 Å². The van der Waals surface area contributed by atoms with Crippen molar-refractivity contribution in [1.29, 1.82) is 0 Å². The molecule has 0 radical (unpaired) electrons. The van der Waals surface area contributed by atoms with Crippen LogP contribution in [0.3, 0.4) is 0 Å². The first-order chi connectivity index (χ1) is 8.39. The van der Waals surface area contributed by atoms with Crippen molar-refractivity contribution in [3.05, 3.63) is 0 Å². The zero-order valence-electron chi connectivity index (χ0n) is 12.0. The Kier molecular flexibility index (Phi) is 8.02. The third-order valence-corrected chi connectivity index (χ3v) is 2.98. The van der Waals surface area contributed by atoms with Crippen LogP contribution in [0.1, 0.15) is 40.0 Å². The topological polar surface area (TPSA) is 70.2 Å². The number of hydrogen-bond acceptors (Lipinski definition) is 3. The first-order valence-electron chi connectivity index (χ1n) is 6.68. The summed E-state index contributed by atoms with van der Waals surface area (Å²) in [5.74, 6) is -0.00691. The maximum Gasteiger partial charge on any atom is 0.225 e. The first kappa shape index (κ1) is 18.2. The molecule has 2 amide bonds. The second-order valence-corrected chi connectivity index (χ2v) is 5.87. The molecule has 19 heavy (non-hydrogen) atoms. The van der Waals surface area contributed by atoms with Crippen molar-refractivity contribution in [3.63, 3.8) is 0 Å². The van der Waals surface area contributed by atoms with Gasteiger partial charge in [-0.05, 0) is 19.4 Å². The minimum Gasteiger partial charge on any atom is -0.355 e. The summed E-state index contributed by atoms with van der Waals surface area (Å²) in [5.41, 5.74) is -0.399. The van der Waals surface area contributed by atoms with Gasteiger partial charge in [0.25, 0.3) is 0 Å². The van der Waals surface area contributed by atoms with E-state index >= 15 is 0 Å². The molecule has 0 aliphatic carbocycles. The third-order valence-electron chi connectivity index (χ3n) is 2.98. The standard InChI is InChI=1S/C13H25N3O2.ClH/c1-13(2,3)12(18)15-8-6-11(17)16-10-5-4-7-14-9-10;/h10,14H,4-9H2,1-3H3,(H,15,18)(H,16,17);1H/t10-;/m0./s1. The lowest BCUT2D eigenvalue weighted by atomic mass is 9.96. The van der Waals surface area contributed by atoms with E-state index in [0.717, 1.165) is 25.9 Å². The van der Waals surface area contributed by atoms with Gasteiger partial charge in [0.2, 0.25) is 11.8 Å². The van der Waals surface area contributed by atoms with E-state index in [1.807, 2.05) is 20.8 Å². The van der Waals surface area contributed by atoms with Crippen LogP contribution in [-0.2, 0) is 9.59 Å². The number of carbonyl (C=O) groups is 2. The van der Waals surface area contributed by atoms with Crippen molar-refractivity contribution in [2.75, 3.05) is 19.6 Å². The van der Waals surface area contributed by atoms with E-state index < -0.39 is 5.41 Å². The van der Waals surface area contributed by atoms with Gasteiger partial charge in [-0.15, -0.1) is 12.4 Å². The van der Waals surface area contributed by atoms with Crippen LogP contribution < -0.4 is 16.0 Å². The van der Waals surface area contributed by atoms with E-state index in [2.05, 4.69) is 16.0 Å². The molecule has 0 aromatic heterocycles. The maximum atomic E-state index is 11.7. The SMILES string of the molecule is CC(C)(C)C(=O)NCCC(=O)N[C@H]1CCCNC1.Cl. The van der Waals surface area contributed by atoms with Crippen molar-refractivity contribution < 1.29 is 9.59 Å². The minimum atomic E-state index is -0.399. The van der Waals surface area contributed by atoms with Crippen LogP contribution in [0.4, 0.5) is 0 Å². The van der Waals surface area contributed by atoms with Crippen molar-refractivity contribution in [1.82, 2.24) is 16.0 Å². The number of halogens is 1. The van der Waals surface area contributed by atoms with Crippen LogP contribution in [-0.4, -0.2) is 37.5 Å². The molecule has 1 fully saturated rings. The Morgan fingerprint density at radius 3 is 2.53 bits per heavy atom. The fourth-order valence-electron chi connectivity index (χ4n) is 1.83. The lowest BCUT2D eigenvalue weighted by Crippen LogP contribution is -2.46. The summed E-state index contributed by atoms with van der Waals surface area (Å²) in [5, 5.41) is 9.00. The summed E-state index contributed by atoms with van der Waals surface area (Å²) in [6.45, 7) is 7.86. The minimum absolute atomic E-state index is 0. The number of hydrogen-bond donors (Lipinski definition) is 3. The fraction of sp³-hybridized carbons (Fsp3) is 0.846. The van der Waals surface area contributed by atoms with Gasteiger partial charge in [-0.2, -0.15) is 0 Å². The van der Waals surface area contributed by atoms with Gasteiger partial charge in [-0.1, -0.05) is 20.8 Å². The first-order valence-corrected chi connectivity index (χ1v) is 6.68. The summed E-state index contributed by atoms with van der Waals surface area (Å²) in [6, 6.07) is 0.240. The fourth-order valence-corrected chi connectivity index (χ4v) is 1.83. The van der Waals surface area contributed by atoms with E-state index in [4.69, 9.17) is 0 Å².